The number of H-pyrrole nitrogens is 1. The Balaban J connectivity index is 1.91. The van der Waals surface area contributed by atoms with Gasteiger partial charge in [-0.2, -0.15) is 0 Å². The summed E-state index contributed by atoms with van der Waals surface area (Å²) in [5.74, 6) is 1.92. The summed E-state index contributed by atoms with van der Waals surface area (Å²) >= 11 is 1.65. The number of fused-ring (bicyclic) bond motifs is 1. The number of imidazole rings is 1. The number of hydrogen-bond donors (Lipinski definition) is 1. The van der Waals surface area contributed by atoms with Crippen molar-refractivity contribution in [2.24, 2.45) is 0 Å². The summed E-state index contributed by atoms with van der Waals surface area (Å²) in [4.78, 5) is 25.0. The third kappa shape index (κ3) is 3.63. The number of ether oxygens (including phenoxy) is 1. The zero-order valence-electron chi connectivity index (χ0n) is 17.7. The number of nitrogens with zero attached hydrogens (tertiary/aromatic N) is 4. The maximum atomic E-state index is 12.9. The molecule has 0 bridgehead atoms. The van der Waals surface area contributed by atoms with Crippen LogP contribution in [0, 0.1) is 6.92 Å². The summed E-state index contributed by atoms with van der Waals surface area (Å²) in [6, 6.07) is 5.88. The smallest absolute Gasteiger partial charge is 0.277 e. The number of aryl methyl sites for hydroxylation is 3. The van der Waals surface area contributed by atoms with Crippen molar-refractivity contribution < 1.29 is 4.74 Å². The molecule has 0 aliphatic carbocycles. The molecule has 0 radical (unpaired) electrons. The highest BCUT2D eigenvalue weighted by Crippen LogP contribution is 2.33. The lowest BCUT2D eigenvalue weighted by Gasteiger charge is -2.12. The molecule has 0 aliphatic rings. The van der Waals surface area contributed by atoms with Crippen molar-refractivity contribution in [2.45, 2.75) is 47.0 Å². The van der Waals surface area contributed by atoms with Crippen LogP contribution < -0.4 is 10.3 Å². The Kier molecular flexibility index (Phi) is 5.67. The van der Waals surface area contributed by atoms with Crippen LogP contribution in [-0.4, -0.2) is 31.2 Å². The third-order valence-electron chi connectivity index (χ3n) is 4.90. The highest BCUT2D eigenvalue weighted by molar-refractivity contribution is 7.09. The molecule has 0 spiro atoms. The first kappa shape index (κ1) is 20.3. The molecule has 4 aromatic rings. The summed E-state index contributed by atoms with van der Waals surface area (Å²) in [5, 5.41) is 7.89. The molecular formula is C22H25N5O2S. The van der Waals surface area contributed by atoms with Gasteiger partial charge in [-0.15, -0.1) is 16.4 Å². The zero-order chi connectivity index (χ0) is 21.3. The first-order valence-corrected chi connectivity index (χ1v) is 11.1. The van der Waals surface area contributed by atoms with Crippen LogP contribution in [0.15, 0.2) is 28.4 Å². The quantitative estimate of drug-likeness (QED) is 0.475. The van der Waals surface area contributed by atoms with E-state index in [9.17, 15) is 4.79 Å². The first-order valence-electron chi connectivity index (χ1n) is 10.3. The van der Waals surface area contributed by atoms with Gasteiger partial charge in [0.2, 0.25) is 0 Å². The molecule has 0 fully saturated rings. The SMILES string of the molecule is CCCc1nc(C)c2c(=O)[nH]c(-c3cc(-c4csc(CC)n4)ccc3OCC)nn12. The van der Waals surface area contributed by atoms with E-state index in [4.69, 9.17) is 9.84 Å². The second kappa shape index (κ2) is 8.39. The molecule has 0 amide bonds. The number of aromatic amines is 1. The van der Waals surface area contributed by atoms with E-state index in [1.165, 1.54) is 0 Å². The van der Waals surface area contributed by atoms with E-state index in [-0.39, 0.29) is 5.56 Å². The number of hydrogen-bond acceptors (Lipinski definition) is 6. The second-order valence-electron chi connectivity index (χ2n) is 7.05. The lowest BCUT2D eigenvalue weighted by molar-refractivity contribution is 0.341. The number of thiazole rings is 1. The van der Waals surface area contributed by atoms with Crippen LogP contribution in [0.2, 0.25) is 0 Å². The van der Waals surface area contributed by atoms with E-state index in [1.54, 1.807) is 15.9 Å². The molecule has 0 atom stereocenters. The molecule has 4 rings (SSSR count). The molecule has 1 N–H and O–H groups in total. The van der Waals surface area contributed by atoms with E-state index in [0.29, 0.717) is 29.4 Å². The van der Waals surface area contributed by atoms with Gasteiger partial charge in [-0.3, -0.25) is 4.79 Å². The van der Waals surface area contributed by atoms with Crippen LogP contribution in [-0.2, 0) is 12.8 Å². The maximum absolute atomic E-state index is 12.9. The van der Waals surface area contributed by atoms with Crippen molar-refractivity contribution in [1.82, 2.24) is 24.6 Å². The van der Waals surface area contributed by atoms with Crippen LogP contribution in [0.1, 0.15) is 43.7 Å². The van der Waals surface area contributed by atoms with Gasteiger partial charge in [-0.05, 0) is 44.9 Å². The van der Waals surface area contributed by atoms with Crippen molar-refractivity contribution in [1.29, 1.82) is 0 Å². The van der Waals surface area contributed by atoms with Crippen molar-refractivity contribution >= 4 is 16.9 Å². The standard InChI is InChI=1S/C22H25N5O2S/c1-5-8-18-23-13(4)20-22(28)25-21(26-27(18)20)15-11-14(9-10-17(15)29-7-3)16-12-30-19(6-2)24-16/h9-12H,5-8H2,1-4H3,(H,25,26,28). The Hall–Kier alpha value is -3.00. The molecule has 0 saturated heterocycles. The van der Waals surface area contributed by atoms with Gasteiger partial charge in [0.1, 0.15) is 11.6 Å². The Bertz CT molecular complexity index is 1250. The van der Waals surface area contributed by atoms with Crippen LogP contribution in [0.25, 0.3) is 28.2 Å². The van der Waals surface area contributed by atoms with Gasteiger partial charge < -0.3 is 9.72 Å². The van der Waals surface area contributed by atoms with E-state index in [1.807, 2.05) is 32.0 Å². The van der Waals surface area contributed by atoms with E-state index < -0.39 is 0 Å². The zero-order valence-corrected chi connectivity index (χ0v) is 18.5. The normalized spacial score (nSPS) is 11.3. The van der Waals surface area contributed by atoms with Crippen molar-refractivity contribution in [3.63, 3.8) is 0 Å². The number of benzene rings is 1. The summed E-state index contributed by atoms with van der Waals surface area (Å²) in [5.41, 5.74) is 3.57. The minimum atomic E-state index is -0.206. The van der Waals surface area contributed by atoms with Gasteiger partial charge in [0.25, 0.3) is 5.56 Å². The summed E-state index contributed by atoms with van der Waals surface area (Å²) < 4.78 is 7.51. The van der Waals surface area contributed by atoms with Gasteiger partial charge in [-0.25, -0.2) is 14.5 Å². The van der Waals surface area contributed by atoms with E-state index in [2.05, 4.69) is 34.2 Å². The molecule has 1 aromatic carbocycles. The Morgan fingerprint density at radius 3 is 2.73 bits per heavy atom. The summed E-state index contributed by atoms with van der Waals surface area (Å²) in [6.07, 6.45) is 2.58. The fourth-order valence-corrected chi connectivity index (χ4v) is 4.26. The number of aromatic nitrogens is 5. The fourth-order valence-electron chi connectivity index (χ4n) is 3.50. The van der Waals surface area contributed by atoms with Crippen LogP contribution >= 0.6 is 11.3 Å². The first-order chi connectivity index (χ1) is 14.5. The summed E-state index contributed by atoms with van der Waals surface area (Å²) in [6.45, 7) is 8.46. The third-order valence-corrected chi connectivity index (χ3v) is 5.89. The predicted octanol–water partition coefficient (Wildman–Crippen LogP) is 4.43. The summed E-state index contributed by atoms with van der Waals surface area (Å²) in [7, 11) is 0. The lowest BCUT2D eigenvalue weighted by Crippen LogP contribution is -2.16. The van der Waals surface area contributed by atoms with Crippen molar-refractivity contribution in [3.8, 4) is 28.4 Å². The minimum Gasteiger partial charge on any atom is -0.493 e. The van der Waals surface area contributed by atoms with Crippen LogP contribution in [0.4, 0.5) is 0 Å². The Labute approximate surface area is 178 Å². The van der Waals surface area contributed by atoms with Gasteiger partial charge in [0.15, 0.2) is 11.3 Å². The monoisotopic (exact) mass is 423 g/mol. The van der Waals surface area contributed by atoms with Gasteiger partial charge in [0, 0.05) is 17.4 Å². The Morgan fingerprint density at radius 2 is 2.03 bits per heavy atom. The second-order valence-corrected chi connectivity index (χ2v) is 7.99. The molecule has 0 unspecified atom stereocenters. The molecule has 0 aliphatic heterocycles. The van der Waals surface area contributed by atoms with Gasteiger partial charge >= 0.3 is 0 Å². The molecular weight excluding hydrogens is 398 g/mol. The molecule has 30 heavy (non-hydrogen) atoms. The van der Waals surface area contributed by atoms with Crippen molar-refractivity contribution in [2.75, 3.05) is 6.61 Å². The highest BCUT2D eigenvalue weighted by atomic mass is 32.1. The molecule has 7 nitrogen and oxygen atoms in total. The lowest BCUT2D eigenvalue weighted by atomic mass is 10.1. The predicted molar refractivity (Wildman–Crippen MR) is 119 cm³/mol. The average Bonchev–Trinajstić information content (AvgIpc) is 3.34. The highest BCUT2D eigenvalue weighted by Gasteiger charge is 2.18. The number of rotatable bonds is 7. The van der Waals surface area contributed by atoms with Crippen LogP contribution in [0.5, 0.6) is 5.75 Å². The molecule has 156 valence electrons. The maximum Gasteiger partial charge on any atom is 0.277 e. The Morgan fingerprint density at radius 1 is 1.20 bits per heavy atom. The fraction of sp³-hybridized carbons (Fsp3) is 0.364. The van der Waals surface area contributed by atoms with Crippen molar-refractivity contribution in [3.05, 3.63) is 50.5 Å². The average molecular weight is 424 g/mol. The van der Waals surface area contributed by atoms with E-state index >= 15 is 0 Å². The van der Waals surface area contributed by atoms with E-state index in [0.717, 1.165) is 46.9 Å². The van der Waals surface area contributed by atoms with Crippen LogP contribution in [0.3, 0.4) is 0 Å². The number of nitrogens with one attached hydrogen (secondary N) is 1. The topological polar surface area (TPSA) is 85.2 Å². The largest absolute Gasteiger partial charge is 0.493 e. The molecule has 3 heterocycles. The molecule has 8 heteroatoms. The minimum absolute atomic E-state index is 0.206. The molecule has 0 saturated carbocycles. The van der Waals surface area contributed by atoms with Gasteiger partial charge in [-0.1, -0.05) is 13.8 Å². The van der Waals surface area contributed by atoms with Gasteiger partial charge in [0.05, 0.1) is 28.6 Å². The molecule has 3 aromatic heterocycles.